The molecule has 0 fully saturated rings. The van der Waals surface area contributed by atoms with E-state index in [1.54, 1.807) is 0 Å². The number of carbonyl (C=O) groups is 3. The Bertz CT molecular complexity index is 525. The van der Waals surface area contributed by atoms with Gasteiger partial charge in [-0.25, -0.2) is 4.98 Å². The van der Waals surface area contributed by atoms with Gasteiger partial charge in [-0.15, -0.1) is 0 Å². The standard InChI is InChI=1S/C15H24N4O3/c1-4-10(2)7-8-17-15(22)14-18-9-11(19-14)12(20)5-6-13(21)16-3/h9-10H,4-8H2,1-3H3,(H,16,21)(H,17,22)(H,18,19). The van der Waals surface area contributed by atoms with Gasteiger partial charge in [0.2, 0.25) is 5.91 Å². The molecule has 7 nitrogen and oxygen atoms in total. The molecule has 22 heavy (non-hydrogen) atoms. The highest BCUT2D eigenvalue weighted by molar-refractivity contribution is 5.98. The molecule has 1 aromatic rings. The Hall–Kier alpha value is -2.18. The van der Waals surface area contributed by atoms with Gasteiger partial charge in [0.15, 0.2) is 11.6 Å². The van der Waals surface area contributed by atoms with E-state index in [4.69, 9.17) is 0 Å². The first-order valence-corrected chi connectivity index (χ1v) is 7.54. The molecule has 122 valence electrons. The third-order valence-electron chi connectivity index (χ3n) is 3.57. The zero-order valence-electron chi connectivity index (χ0n) is 13.4. The summed E-state index contributed by atoms with van der Waals surface area (Å²) in [6.45, 7) is 4.81. The van der Waals surface area contributed by atoms with Gasteiger partial charge >= 0.3 is 0 Å². The summed E-state index contributed by atoms with van der Waals surface area (Å²) >= 11 is 0. The summed E-state index contributed by atoms with van der Waals surface area (Å²) in [4.78, 5) is 41.5. The molecule has 0 saturated carbocycles. The summed E-state index contributed by atoms with van der Waals surface area (Å²) in [5, 5.41) is 5.22. The summed E-state index contributed by atoms with van der Waals surface area (Å²) in [7, 11) is 1.52. The Morgan fingerprint density at radius 2 is 2.05 bits per heavy atom. The molecule has 0 aliphatic carbocycles. The van der Waals surface area contributed by atoms with Gasteiger partial charge in [-0.2, -0.15) is 0 Å². The van der Waals surface area contributed by atoms with E-state index in [1.165, 1.54) is 13.2 Å². The fraction of sp³-hybridized carbons (Fsp3) is 0.600. The van der Waals surface area contributed by atoms with Crippen molar-refractivity contribution < 1.29 is 14.4 Å². The van der Waals surface area contributed by atoms with Crippen LogP contribution in [0, 0.1) is 5.92 Å². The molecule has 1 unspecified atom stereocenters. The zero-order valence-corrected chi connectivity index (χ0v) is 13.4. The van der Waals surface area contributed by atoms with Crippen LogP contribution in [0.2, 0.25) is 0 Å². The van der Waals surface area contributed by atoms with E-state index in [1.807, 2.05) is 0 Å². The van der Waals surface area contributed by atoms with Gasteiger partial charge < -0.3 is 15.6 Å². The minimum atomic E-state index is -0.325. The Balaban J connectivity index is 2.47. The van der Waals surface area contributed by atoms with Crippen LogP contribution in [0.1, 0.15) is 60.6 Å². The summed E-state index contributed by atoms with van der Waals surface area (Å²) in [6.07, 6.45) is 3.50. The van der Waals surface area contributed by atoms with Crippen LogP contribution < -0.4 is 10.6 Å². The minimum absolute atomic E-state index is 0.0803. The van der Waals surface area contributed by atoms with Crippen LogP contribution in [0.15, 0.2) is 6.20 Å². The summed E-state index contributed by atoms with van der Waals surface area (Å²) in [5.74, 6) is -0.0921. The number of Topliss-reactive ketones (excluding diaryl/α,β-unsaturated/α-hetero) is 1. The molecule has 7 heteroatoms. The topological polar surface area (TPSA) is 104 Å². The van der Waals surface area contributed by atoms with E-state index < -0.39 is 0 Å². The van der Waals surface area contributed by atoms with Gasteiger partial charge in [-0.05, 0) is 12.3 Å². The number of ketones is 1. The molecule has 1 rings (SSSR count). The second-order valence-corrected chi connectivity index (χ2v) is 5.30. The zero-order chi connectivity index (χ0) is 16.5. The highest BCUT2D eigenvalue weighted by atomic mass is 16.2. The van der Waals surface area contributed by atoms with Crippen LogP contribution in [-0.4, -0.2) is 41.2 Å². The van der Waals surface area contributed by atoms with Crippen molar-refractivity contribution in [1.29, 1.82) is 0 Å². The van der Waals surface area contributed by atoms with Crippen molar-refractivity contribution in [2.75, 3.05) is 13.6 Å². The molecule has 1 aromatic heterocycles. The van der Waals surface area contributed by atoms with E-state index in [9.17, 15) is 14.4 Å². The van der Waals surface area contributed by atoms with Gasteiger partial charge in [0.25, 0.3) is 5.91 Å². The number of hydrogen-bond acceptors (Lipinski definition) is 4. The Labute approximate surface area is 130 Å². The second-order valence-electron chi connectivity index (χ2n) is 5.30. The Morgan fingerprint density at radius 1 is 1.32 bits per heavy atom. The number of hydrogen-bond donors (Lipinski definition) is 3. The van der Waals surface area contributed by atoms with Crippen LogP contribution >= 0.6 is 0 Å². The number of rotatable bonds is 9. The van der Waals surface area contributed by atoms with Crippen molar-refractivity contribution in [3.63, 3.8) is 0 Å². The van der Waals surface area contributed by atoms with Crippen molar-refractivity contribution in [2.24, 2.45) is 5.92 Å². The van der Waals surface area contributed by atoms with Gasteiger partial charge in [0.1, 0.15) is 5.69 Å². The molecule has 1 heterocycles. The highest BCUT2D eigenvalue weighted by Crippen LogP contribution is 2.06. The number of carbonyl (C=O) groups excluding carboxylic acids is 3. The molecule has 0 bridgehead atoms. The molecule has 0 aromatic carbocycles. The van der Waals surface area contributed by atoms with E-state index in [0.717, 1.165) is 12.8 Å². The first-order chi connectivity index (χ1) is 10.5. The number of amides is 2. The number of nitrogens with zero attached hydrogens (tertiary/aromatic N) is 1. The maximum Gasteiger partial charge on any atom is 0.287 e. The highest BCUT2D eigenvalue weighted by Gasteiger charge is 2.15. The van der Waals surface area contributed by atoms with Crippen LogP contribution in [0.3, 0.4) is 0 Å². The van der Waals surface area contributed by atoms with Gasteiger partial charge in [0, 0.05) is 26.4 Å². The summed E-state index contributed by atoms with van der Waals surface area (Å²) in [6, 6.07) is 0. The molecular formula is C15H24N4O3. The van der Waals surface area contributed by atoms with E-state index >= 15 is 0 Å². The predicted octanol–water partition coefficient (Wildman–Crippen LogP) is 1.28. The van der Waals surface area contributed by atoms with Crippen molar-refractivity contribution in [3.05, 3.63) is 17.7 Å². The first kappa shape index (κ1) is 17.9. The van der Waals surface area contributed by atoms with E-state index in [2.05, 4.69) is 34.4 Å². The molecule has 2 amide bonds. The lowest BCUT2D eigenvalue weighted by molar-refractivity contribution is -0.120. The first-order valence-electron chi connectivity index (χ1n) is 7.54. The second kappa shape index (κ2) is 8.96. The molecular weight excluding hydrogens is 284 g/mol. The maximum atomic E-state index is 11.9. The van der Waals surface area contributed by atoms with Crippen molar-refractivity contribution >= 4 is 17.6 Å². The van der Waals surface area contributed by atoms with Crippen LogP contribution in [-0.2, 0) is 4.79 Å². The molecule has 0 aliphatic heterocycles. The SMILES string of the molecule is CCC(C)CCNC(=O)c1ncc(C(=O)CCC(=O)NC)[nH]1. The maximum absolute atomic E-state index is 11.9. The monoisotopic (exact) mass is 308 g/mol. The van der Waals surface area contributed by atoms with Gasteiger partial charge in [-0.1, -0.05) is 20.3 Å². The van der Waals surface area contributed by atoms with E-state index in [-0.39, 0.29) is 42.0 Å². The average molecular weight is 308 g/mol. The molecule has 1 atom stereocenters. The van der Waals surface area contributed by atoms with Gasteiger partial charge in [-0.3, -0.25) is 14.4 Å². The van der Waals surface area contributed by atoms with Crippen LogP contribution in [0.25, 0.3) is 0 Å². The third-order valence-corrected chi connectivity index (χ3v) is 3.57. The molecule has 0 aliphatic rings. The number of nitrogens with one attached hydrogen (secondary N) is 3. The number of aromatic amines is 1. The lowest BCUT2D eigenvalue weighted by Gasteiger charge is -2.08. The molecule has 0 saturated heterocycles. The Kier molecular flexibility index (Phi) is 7.28. The molecule has 3 N–H and O–H groups in total. The predicted molar refractivity (Wildman–Crippen MR) is 82.6 cm³/mol. The van der Waals surface area contributed by atoms with Crippen molar-refractivity contribution in [1.82, 2.24) is 20.6 Å². The lowest BCUT2D eigenvalue weighted by Crippen LogP contribution is -2.26. The Morgan fingerprint density at radius 3 is 2.68 bits per heavy atom. The molecule has 0 spiro atoms. The fourth-order valence-corrected chi connectivity index (χ4v) is 1.78. The van der Waals surface area contributed by atoms with Crippen molar-refractivity contribution in [2.45, 2.75) is 39.5 Å². The largest absolute Gasteiger partial charge is 0.359 e. The normalized spacial score (nSPS) is 11.8. The minimum Gasteiger partial charge on any atom is -0.359 e. The van der Waals surface area contributed by atoms with E-state index in [0.29, 0.717) is 12.5 Å². The summed E-state index contributed by atoms with van der Waals surface area (Å²) < 4.78 is 0. The van der Waals surface area contributed by atoms with Crippen LogP contribution in [0.5, 0.6) is 0 Å². The fourth-order valence-electron chi connectivity index (χ4n) is 1.78. The van der Waals surface area contributed by atoms with Crippen LogP contribution in [0.4, 0.5) is 0 Å². The number of aromatic nitrogens is 2. The number of H-pyrrole nitrogens is 1. The van der Waals surface area contributed by atoms with Gasteiger partial charge in [0.05, 0.1) is 6.20 Å². The summed E-state index contributed by atoms with van der Waals surface area (Å²) in [5.41, 5.74) is 0.246. The molecule has 0 radical (unpaired) electrons. The smallest absolute Gasteiger partial charge is 0.287 e. The number of imidazole rings is 1. The van der Waals surface area contributed by atoms with Crippen molar-refractivity contribution in [3.8, 4) is 0 Å². The average Bonchev–Trinajstić information content (AvgIpc) is 3.01. The third kappa shape index (κ3) is 5.67. The lowest BCUT2D eigenvalue weighted by atomic mass is 10.1. The quantitative estimate of drug-likeness (QED) is 0.598.